The number of aliphatic hydroxyl groups is 2. The normalized spacial score (nSPS) is 51.2. The first-order valence-corrected chi connectivity index (χ1v) is 6.85. The molecule has 0 bridgehead atoms. The Bertz CT molecular complexity index is 384. The van der Waals surface area contributed by atoms with Crippen molar-refractivity contribution < 1.29 is 10.2 Å². The van der Waals surface area contributed by atoms with Crippen LogP contribution in [0.4, 0.5) is 0 Å². The van der Waals surface area contributed by atoms with Crippen LogP contribution in [-0.2, 0) is 0 Å². The Hall–Kier alpha value is -0.340. The molecule has 0 amide bonds. The van der Waals surface area contributed by atoms with Gasteiger partial charge in [0.05, 0.1) is 12.2 Å². The zero-order valence-electron chi connectivity index (χ0n) is 11.2. The predicted molar refractivity (Wildman–Crippen MR) is 67.5 cm³/mol. The van der Waals surface area contributed by atoms with Crippen LogP contribution in [0.1, 0.15) is 46.5 Å². The van der Waals surface area contributed by atoms with Crippen molar-refractivity contribution in [2.24, 2.45) is 22.7 Å². The van der Waals surface area contributed by atoms with Crippen LogP contribution in [0.5, 0.6) is 0 Å². The van der Waals surface area contributed by atoms with Gasteiger partial charge in [-0.1, -0.05) is 26.8 Å². The number of hydrogen-bond acceptors (Lipinski definition) is 2. The zero-order chi connectivity index (χ0) is 12.5. The highest BCUT2D eigenvalue weighted by atomic mass is 16.3. The second kappa shape index (κ2) is 3.16. The lowest BCUT2D eigenvalue weighted by atomic mass is 9.67. The molecular weight excluding hydrogens is 212 g/mol. The third kappa shape index (κ3) is 1.29. The van der Waals surface area contributed by atoms with Crippen LogP contribution in [0.25, 0.3) is 0 Å². The Balaban J connectivity index is 2.01. The van der Waals surface area contributed by atoms with Gasteiger partial charge in [0.2, 0.25) is 0 Å². The molecule has 3 rings (SSSR count). The minimum absolute atomic E-state index is 0.114. The first-order chi connectivity index (χ1) is 7.82. The molecule has 0 aromatic rings. The van der Waals surface area contributed by atoms with Crippen LogP contribution in [0.3, 0.4) is 0 Å². The molecule has 0 spiro atoms. The quantitative estimate of drug-likeness (QED) is 0.687. The van der Waals surface area contributed by atoms with E-state index < -0.39 is 5.60 Å². The van der Waals surface area contributed by atoms with E-state index >= 15 is 0 Å². The van der Waals surface area contributed by atoms with Gasteiger partial charge < -0.3 is 10.2 Å². The molecule has 3 aliphatic rings. The molecule has 0 unspecified atom stereocenters. The standard InChI is InChI=1S/C15H24O2/c1-13(2)6-10-7-15(17)5-4-11(9-16)14(15,3)12(10)8-13/h4,10,12,16-17H,5-9H2,1-3H3/t10-,12-,14+,15+/m1/s1. The van der Waals surface area contributed by atoms with Gasteiger partial charge in [-0.2, -0.15) is 0 Å². The smallest absolute Gasteiger partial charge is 0.0778 e. The number of rotatable bonds is 1. The Kier molecular flexibility index (Phi) is 2.18. The van der Waals surface area contributed by atoms with E-state index in [1.807, 2.05) is 0 Å². The molecule has 2 fully saturated rings. The summed E-state index contributed by atoms with van der Waals surface area (Å²) < 4.78 is 0. The van der Waals surface area contributed by atoms with E-state index in [4.69, 9.17) is 0 Å². The first-order valence-electron chi connectivity index (χ1n) is 6.85. The first kappa shape index (κ1) is 11.7. The van der Waals surface area contributed by atoms with Gasteiger partial charge in [-0.3, -0.25) is 0 Å². The Morgan fingerprint density at radius 3 is 2.59 bits per heavy atom. The molecule has 0 heterocycles. The molecule has 0 aromatic carbocycles. The summed E-state index contributed by atoms with van der Waals surface area (Å²) in [5, 5.41) is 20.5. The number of fused-ring (bicyclic) bond motifs is 3. The fourth-order valence-electron chi connectivity index (χ4n) is 5.14. The minimum atomic E-state index is -0.573. The molecular formula is C15H24O2. The van der Waals surface area contributed by atoms with Crippen LogP contribution in [-0.4, -0.2) is 22.4 Å². The van der Waals surface area contributed by atoms with Gasteiger partial charge in [-0.25, -0.2) is 0 Å². The van der Waals surface area contributed by atoms with Crippen LogP contribution in [0.2, 0.25) is 0 Å². The summed E-state index contributed by atoms with van der Waals surface area (Å²) in [5.41, 5.74) is 0.755. The lowest BCUT2D eigenvalue weighted by Gasteiger charge is -2.40. The van der Waals surface area contributed by atoms with Gasteiger partial charge in [0, 0.05) is 5.41 Å². The molecule has 3 aliphatic carbocycles. The highest BCUT2D eigenvalue weighted by molar-refractivity contribution is 5.34. The summed E-state index contributed by atoms with van der Waals surface area (Å²) in [4.78, 5) is 0. The van der Waals surface area contributed by atoms with Gasteiger partial charge in [-0.15, -0.1) is 0 Å². The van der Waals surface area contributed by atoms with E-state index in [9.17, 15) is 10.2 Å². The van der Waals surface area contributed by atoms with Crippen molar-refractivity contribution >= 4 is 0 Å². The van der Waals surface area contributed by atoms with E-state index in [1.165, 1.54) is 12.8 Å². The van der Waals surface area contributed by atoms with Crippen molar-refractivity contribution in [2.75, 3.05) is 6.61 Å². The minimum Gasteiger partial charge on any atom is -0.392 e. The van der Waals surface area contributed by atoms with Crippen molar-refractivity contribution in [3.05, 3.63) is 11.6 Å². The average Bonchev–Trinajstić information content (AvgIpc) is 2.70. The number of hydrogen-bond donors (Lipinski definition) is 2. The molecule has 0 saturated heterocycles. The zero-order valence-corrected chi connectivity index (χ0v) is 11.2. The van der Waals surface area contributed by atoms with Crippen molar-refractivity contribution in [1.29, 1.82) is 0 Å². The lowest BCUT2D eigenvalue weighted by Crippen LogP contribution is -2.43. The molecule has 96 valence electrons. The highest BCUT2D eigenvalue weighted by Crippen LogP contribution is 2.68. The van der Waals surface area contributed by atoms with E-state index in [-0.39, 0.29) is 12.0 Å². The highest BCUT2D eigenvalue weighted by Gasteiger charge is 2.66. The van der Waals surface area contributed by atoms with E-state index in [2.05, 4.69) is 26.8 Å². The summed E-state index contributed by atoms with van der Waals surface area (Å²) in [6.45, 7) is 6.98. The maximum absolute atomic E-state index is 10.9. The summed E-state index contributed by atoms with van der Waals surface area (Å²) in [6, 6.07) is 0. The molecule has 0 aromatic heterocycles. The second-order valence-electron chi connectivity index (χ2n) is 7.47. The van der Waals surface area contributed by atoms with Gasteiger partial charge in [0.25, 0.3) is 0 Å². The molecule has 17 heavy (non-hydrogen) atoms. The molecule has 4 atom stereocenters. The third-order valence-corrected chi connectivity index (χ3v) is 5.99. The van der Waals surface area contributed by atoms with Gasteiger partial charge in [0.1, 0.15) is 0 Å². The van der Waals surface area contributed by atoms with E-state index in [0.29, 0.717) is 17.3 Å². The van der Waals surface area contributed by atoms with Crippen molar-refractivity contribution in [2.45, 2.75) is 52.1 Å². The Labute approximate surface area is 104 Å². The largest absolute Gasteiger partial charge is 0.392 e. The maximum Gasteiger partial charge on any atom is 0.0778 e. The Morgan fingerprint density at radius 2 is 1.94 bits per heavy atom. The topological polar surface area (TPSA) is 40.5 Å². The molecule has 2 nitrogen and oxygen atoms in total. The number of aliphatic hydroxyl groups excluding tert-OH is 1. The van der Waals surface area contributed by atoms with Crippen LogP contribution in [0.15, 0.2) is 11.6 Å². The second-order valence-corrected chi connectivity index (χ2v) is 7.47. The predicted octanol–water partition coefficient (Wildman–Crippen LogP) is 2.50. The van der Waals surface area contributed by atoms with E-state index in [1.54, 1.807) is 0 Å². The van der Waals surface area contributed by atoms with Crippen molar-refractivity contribution in [3.8, 4) is 0 Å². The molecule has 0 aliphatic heterocycles. The summed E-state index contributed by atoms with van der Waals surface area (Å²) in [5.74, 6) is 1.21. The van der Waals surface area contributed by atoms with Gasteiger partial charge in [0.15, 0.2) is 0 Å². The summed E-state index contributed by atoms with van der Waals surface area (Å²) >= 11 is 0. The van der Waals surface area contributed by atoms with Gasteiger partial charge in [-0.05, 0) is 48.5 Å². The molecule has 2 heteroatoms. The average molecular weight is 236 g/mol. The van der Waals surface area contributed by atoms with Crippen LogP contribution >= 0.6 is 0 Å². The lowest BCUT2D eigenvalue weighted by molar-refractivity contribution is -0.0415. The molecule has 2 saturated carbocycles. The SMILES string of the molecule is CC1(C)C[C@@H]2C[C@@]3(O)CC=C(CO)[C@@]3(C)[C@@H]2C1. The van der Waals surface area contributed by atoms with Crippen LogP contribution < -0.4 is 0 Å². The van der Waals surface area contributed by atoms with E-state index in [0.717, 1.165) is 18.4 Å². The summed E-state index contributed by atoms with van der Waals surface area (Å²) in [7, 11) is 0. The van der Waals surface area contributed by atoms with Crippen LogP contribution in [0, 0.1) is 22.7 Å². The monoisotopic (exact) mass is 236 g/mol. The van der Waals surface area contributed by atoms with Crippen molar-refractivity contribution in [3.63, 3.8) is 0 Å². The fourth-order valence-corrected chi connectivity index (χ4v) is 5.14. The van der Waals surface area contributed by atoms with Crippen molar-refractivity contribution in [1.82, 2.24) is 0 Å². The molecule has 2 N–H and O–H groups in total. The summed E-state index contributed by atoms with van der Waals surface area (Å²) in [6.07, 6.45) is 6.17. The maximum atomic E-state index is 10.9. The van der Waals surface area contributed by atoms with Gasteiger partial charge >= 0.3 is 0 Å². The third-order valence-electron chi connectivity index (χ3n) is 5.99. The Morgan fingerprint density at radius 1 is 1.24 bits per heavy atom. The molecule has 0 radical (unpaired) electrons. The fraction of sp³-hybridized carbons (Fsp3) is 0.867.